The Balaban J connectivity index is 1.76. The Labute approximate surface area is 161 Å². The van der Waals surface area contributed by atoms with E-state index in [0.717, 1.165) is 27.2 Å². The van der Waals surface area contributed by atoms with Gasteiger partial charge in [0.25, 0.3) is 0 Å². The molecule has 0 fully saturated rings. The third kappa shape index (κ3) is 4.43. The zero-order valence-electron chi connectivity index (χ0n) is 14.5. The van der Waals surface area contributed by atoms with Crippen LogP contribution in [0.25, 0.3) is 0 Å². The molecular formula is C21H18BrNO3. The first-order chi connectivity index (χ1) is 12.7. The van der Waals surface area contributed by atoms with Crippen molar-refractivity contribution in [1.29, 1.82) is 0 Å². The molecule has 4 nitrogen and oxygen atoms in total. The van der Waals surface area contributed by atoms with Crippen molar-refractivity contribution < 1.29 is 14.2 Å². The summed E-state index contributed by atoms with van der Waals surface area (Å²) in [6, 6.07) is 21.0. The predicted molar refractivity (Wildman–Crippen MR) is 107 cm³/mol. The summed E-state index contributed by atoms with van der Waals surface area (Å²) in [6.45, 7) is 0. The highest BCUT2D eigenvalue weighted by molar-refractivity contribution is 9.10. The maximum Gasteiger partial charge on any atom is 0.136 e. The Hall–Kier alpha value is -2.79. The zero-order chi connectivity index (χ0) is 18.4. The van der Waals surface area contributed by atoms with Gasteiger partial charge in [0.1, 0.15) is 23.0 Å². The first-order valence-electron chi connectivity index (χ1n) is 7.98. The summed E-state index contributed by atoms with van der Waals surface area (Å²) in [7, 11) is 3.24. The molecule has 3 rings (SSSR count). The minimum Gasteiger partial charge on any atom is -0.496 e. The maximum absolute atomic E-state index is 5.78. The minimum absolute atomic E-state index is 0.692. The highest BCUT2D eigenvalue weighted by Gasteiger charge is 2.08. The van der Waals surface area contributed by atoms with Gasteiger partial charge in [-0.25, -0.2) is 0 Å². The van der Waals surface area contributed by atoms with Crippen LogP contribution in [0.5, 0.6) is 23.0 Å². The minimum atomic E-state index is 0.692. The van der Waals surface area contributed by atoms with Crippen molar-refractivity contribution in [2.24, 2.45) is 4.99 Å². The van der Waals surface area contributed by atoms with E-state index in [2.05, 4.69) is 20.9 Å². The molecule has 0 aromatic heterocycles. The summed E-state index contributed by atoms with van der Waals surface area (Å²) in [6.07, 6.45) is 1.76. The second kappa shape index (κ2) is 8.54. The van der Waals surface area contributed by atoms with Crippen LogP contribution >= 0.6 is 15.9 Å². The lowest BCUT2D eigenvalue weighted by molar-refractivity contribution is 0.392. The number of hydrogen-bond acceptors (Lipinski definition) is 4. The van der Waals surface area contributed by atoms with E-state index in [9.17, 15) is 0 Å². The van der Waals surface area contributed by atoms with Crippen molar-refractivity contribution in [2.45, 2.75) is 0 Å². The van der Waals surface area contributed by atoms with Crippen molar-refractivity contribution in [3.63, 3.8) is 0 Å². The number of aliphatic imine (C=N–C) groups is 1. The van der Waals surface area contributed by atoms with Gasteiger partial charge in [-0.2, -0.15) is 0 Å². The average Bonchev–Trinajstić information content (AvgIpc) is 2.68. The van der Waals surface area contributed by atoms with Gasteiger partial charge in [0, 0.05) is 17.8 Å². The molecule has 0 aliphatic heterocycles. The Kier molecular flexibility index (Phi) is 5.92. The number of halogens is 1. The molecule has 0 aliphatic carbocycles. The molecule has 0 heterocycles. The molecule has 132 valence electrons. The molecule has 0 spiro atoms. The highest BCUT2D eigenvalue weighted by Crippen LogP contribution is 2.32. The summed E-state index contributed by atoms with van der Waals surface area (Å²) in [4.78, 5) is 4.51. The van der Waals surface area contributed by atoms with E-state index in [-0.39, 0.29) is 0 Å². The van der Waals surface area contributed by atoms with Crippen LogP contribution in [0.3, 0.4) is 0 Å². The smallest absolute Gasteiger partial charge is 0.136 e. The Morgan fingerprint density at radius 1 is 0.808 bits per heavy atom. The number of methoxy groups -OCH3 is 2. The van der Waals surface area contributed by atoms with Crippen molar-refractivity contribution in [2.75, 3.05) is 14.2 Å². The Morgan fingerprint density at radius 2 is 1.46 bits per heavy atom. The van der Waals surface area contributed by atoms with Gasteiger partial charge in [0.05, 0.1) is 24.4 Å². The number of hydrogen-bond donors (Lipinski definition) is 0. The predicted octanol–water partition coefficient (Wildman–Crippen LogP) is 6.01. The molecule has 0 unspecified atom stereocenters. The van der Waals surface area contributed by atoms with Crippen LogP contribution in [0.4, 0.5) is 5.69 Å². The third-order valence-electron chi connectivity index (χ3n) is 3.67. The van der Waals surface area contributed by atoms with Crippen molar-refractivity contribution >= 4 is 27.8 Å². The van der Waals surface area contributed by atoms with Gasteiger partial charge in [-0.3, -0.25) is 4.99 Å². The summed E-state index contributed by atoms with van der Waals surface area (Å²) in [5.41, 5.74) is 1.67. The fraction of sp³-hybridized carbons (Fsp3) is 0.0952. The van der Waals surface area contributed by atoms with Crippen molar-refractivity contribution in [3.05, 3.63) is 76.8 Å². The lowest BCUT2D eigenvalue weighted by Gasteiger charge is -2.09. The van der Waals surface area contributed by atoms with E-state index < -0.39 is 0 Å². The molecule has 5 heteroatoms. The number of nitrogens with zero attached hydrogens (tertiary/aromatic N) is 1. The van der Waals surface area contributed by atoms with E-state index in [4.69, 9.17) is 14.2 Å². The Bertz CT molecular complexity index is 893. The normalized spacial score (nSPS) is 10.7. The number of ether oxygens (including phenoxy) is 3. The highest BCUT2D eigenvalue weighted by atomic mass is 79.9. The van der Waals surface area contributed by atoms with Gasteiger partial charge < -0.3 is 14.2 Å². The van der Waals surface area contributed by atoms with E-state index in [1.165, 1.54) is 0 Å². The van der Waals surface area contributed by atoms with Crippen LogP contribution in [-0.4, -0.2) is 20.4 Å². The first kappa shape index (κ1) is 18.0. The van der Waals surface area contributed by atoms with Crippen LogP contribution in [-0.2, 0) is 0 Å². The summed E-state index contributed by atoms with van der Waals surface area (Å²) >= 11 is 3.48. The van der Waals surface area contributed by atoms with Crippen LogP contribution in [0.1, 0.15) is 5.56 Å². The van der Waals surface area contributed by atoms with Gasteiger partial charge in [-0.15, -0.1) is 0 Å². The summed E-state index contributed by atoms with van der Waals surface area (Å²) in [5.74, 6) is 2.97. The topological polar surface area (TPSA) is 40.0 Å². The molecule has 3 aromatic rings. The van der Waals surface area contributed by atoms with Crippen LogP contribution in [0, 0.1) is 0 Å². The second-order valence-electron chi connectivity index (χ2n) is 5.40. The molecular weight excluding hydrogens is 394 g/mol. The fourth-order valence-corrected chi connectivity index (χ4v) is 2.88. The van der Waals surface area contributed by atoms with Crippen LogP contribution in [0.2, 0.25) is 0 Å². The largest absolute Gasteiger partial charge is 0.496 e. The van der Waals surface area contributed by atoms with Gasteiger partial charge in [0.15, 0.2) is 0 Å². The third-order valence-corrected chi connectivity index (χ3v) is 4.29. The molecule has 0 radical (unpaired) electrons. The van der Waals surface area contributed by atoms with Crippen molar-refractivity contribution in [3.8, 4) is 23.0 Å². The molecule has 3 aromatic carbocycles. The summed E-state index contributed by atoms with van der Waals surface area (Å²) in [5, 5.41) is 0. The maximum atomic E-state index is 5.78. The quantitative estimate of drug-likeness (QED) is 0.466. The fourth-order valence-electron chi connectivity index (χ4n) is 2.35. The molecule has 0 saturated carbocycles. The van der Waals surface area contributed by atoms with E-state index in [1.54, 1.807) is 20.4 Å². The summed E-state index contributed by atoms with van der Waals surface area (Å²) < 4.78 is 17.3. The Morgan fingerprint density at radius 3 is 2.12 bits per heavy atom. The first-order valence-corrected chi connectivity index (χ1v) is 8.77. The van der Waals surface area contributed by atoms with Gasteiger partial charge in [-0.1, -0.05) is 18.2 Å². The molecule has 0 aliphatic rings. The molecule has 0 amide bonds. The molecule has 26 heavy (non-hydrogen) atoms. The van der Waals surface area contributed by atoms with Gasteiger partial charge in [-0.05, 0) is 58.4 Å². The molecule has 0 bridgehead atoms. The average molecular weight is 412 g/mol. The second-order valence-corrected chi connectivity index (χ2v) is 6.25. The molecule has 0 atom stereocenters. The lowest BCUT2D eigenvalue weighted by Crippen LogP contribution is -1.93. The number of benzene rings is 3. The SMILES string of the molecule is COc1cc(OC)c(C=Nc2ccc(Oc3ccccc3)cc2)cc1Br. The standard InChI is InChI=1S/C21H18BrNO3/c1-24-20-13-21(25-2)19(22)12-15(20)14-23-16-8-10-18(11-9-16)26-17-6-4-3-5-7-17/h3-14H,1-2H3. The van der Waals surface area contributed by atoms with Crippen LogP contribution < -0.4 is 14.2 Å². The van der Waals surface area contributed by atoms with Crippen molar-refractivity contribution in [1.82, 2.24) is 0 Å². The van der Waals surface area contributed by atoms with E-state index in [1.807, 2.05) is 66.7 Å². The zero-order valence-corrected chi connectivity index (χ0v) is 16.1. The molecule has 0 saturated heterocycles. The number of para-hydroxylation sites is 1. The van der Waals surface area contributed by atoms with E-state index in [0.29, 0.717) is 11.5 Å². The van der Waals surface area contributed by atoms with E-state index >= 15 is 0 Å². The van der Waals surface area contributed by atoms with Gasteiger partial charge in [0.2, 0.25) is 0 Å². The number of rotatable bonds is 6. The van der Waals surface area contributed by atoms with Gasteiger partial charge >= 0.3 is 0 Å². The lowest BCUT2D eigenvalue weighted by atomic mass is 10.2. The molecule has 0 N–H and O–H groups in total. The van der Waals surface area contributed by atoms with Crippen LogP contribution in [0.15, 0.2) is 76.2 Å². The monoisotopic (exact) mass is 411 g/mol.